The van der Waals surface area contributed by atoms with Gasteiger partial charge in [0.25, 0.3) is 0 Å². The normalized spacial score (nSPS) is 31.4. The number of aromatic nitrogens is 2. The number of ether oxygens (including phenoxy) is 1. The Morgan fingerprint density at radius 1 is 1.45 bits per heavy atom. The zero-order valence-electron chi connectivity index (χ0n) is 11.7. The van der Waals surface area contributed by atoms with Crippen LogP contribution >= 0.6 is 0 Å². The fraction of sp³-hybridized carbons (Fsp3) is 0.833. The number of rotatable bonds is 3. The summed E-state index contributed by atoms with van der Waals surface area (Å²) >= 11 is 0. The molecule has 1 aromatic heterocycles. The van der Waals surface area contributed by atoms with Crippen LogP contribution in [0.25, 0.3) is 0 Å². The van der Waals surface area contributed by atoms with Crippen LogP contribution in [0.15, 0.2) is 4.42 Å². The SMILES string of the molecule is CCS(=O)(=O)N1CC[C@@H]2OCC[C@]2(c2nnc(C)o2)C1. The summed E-state index contributed by atoms with van der Waals surface area (Å²) in [6.07, 6.45) is 1.35. The van der Waals surface area contributed by atoms with Gasteiger partial charge < -0.3 is 9.15 Å². The van der Waals surface area contributed by atoms with E-state index in [0.29, 0.717) is 37.9 Å². The summed E-state index contributed by atoms with van der Waals surface area (Å²) < 4.78 is 37.2. The van der Waals surface area contributed by atoms with Crippen LogP contribution in [0.5, 0.6) is 0 Å². The Kier molecular flexibility index (Phi) is 3.34. The Bertz CT molecular complexity index is 600. The van der Waals surface area contributed by atoms with Crippen molar-refractivity contribution in [1.29, 1.82) is 0 Å². The van der Waals surface area contributed by atoms with E-state index in [1.165, 1.54) is 4.31 Å². The first-order valence-corrected chi connectivity index (χ1v) is 8.49. The highest BCUT2D eigenvalue weighted by Gasteiger charge is 2.54. The molecule has 8 heteroatoms. The fourth-order valence-corrected chi connectivity index (χ4v) is 4.31. The third-order valence-electron chi connectivity index (χ3n) is 4.29. The smallest absolute Gasteiger partial charge is 0.226 e. The number of nitrogens with zero attached hydrogens (tertiary/aromatic N) is 3. The number of hydrogen-bond donors (Lipinski definition) is 0. The minimum absolute atomic E-state index is 0.0364. The second-order valence-corrected chi connectivity index (χ2v) is 7.67. The van der Waals surface area contributed by atoms with Crippen molar-refractivity contribution >= 4 is 10.0 Å². The van der Waals surface area contributed by atoms with Crippen LogP contribution in [0.3, 0.4) is 0 Å². The highest BCUT2D eigenvalue weighted by Crippen LogP contribution is 2.43. The van der Waals surface area contributed by atoms with Gasteiger partial charge in [-0.05, 0) is 19.8 Å². The van der Waals surface area contributed by atoms with Crippen LogP contribution in [-0.2, 0) is 20.2 Å². The number of aryl methyl sites for hydroxylation is 1. The Hall–Kier alpha value is -0.990. The third-order valence-corrected chi connectivity index (χ3v) is 6.12. The molecule has 2 aliphatic heterocycles. The van der Waals surface area contributed by atoms with E-state index in [1.54, 1.807) is 13.8 Å². The molecule has 0 N–H and O–H groups in total. The number of piperidine rings is 1. The van der Waals surface area contributed by atoms with Crippen molar-refractivity contribution < 1.29 is 17.6 Å². The van der Waals surface area contributed by atoms with Crippen molar-refractivity contribution in [3.63, 3.8) is 0 Å². The minimum atomic E-state index is -3.21. The van der Waals surface area contributed by atoms with E-state index in [1.807, 2.05) is 0 Å². The van der Waals surface area contributed by atoms with Crippen molar-refractivity contribution in [1.82, 2.24) is 14.5 Å². The van der Waals surface area contributed by atoms with E-state index in [0.717, 1.165) is 6.42 Å². The number of fused-ring (bicyclic) bond motifs is 1. The summed E-state index contributed by atoms with van der Waals surface area (Å²) in [6, 6.07) is 0. The Labute approximate surface area is 118 Å². The van der Waals surface area contributed by atoms with Gasteiger partial charge in [0.2, 0.25) is 21.8 Å². The maximum absolute atomic E-state index is 12.1. The summed E-state index contributed by atoms with van der Waals surface area (Å²) in [7, 11) is -3.21. The van der Waals surface area contributed by atoms with Gasteiger partial charge in [0.1, 0.15) is 0 Å². The minimum Gasteiger partial charge on any atom is -0.425 e. The van der Waals surface area contributed by atoms with Gasteiger partial charge in [-0.25, -0.2) is 12.7 Å². The van der Waals surface area contributed by atoms with Crippen molar-refractivity contribution in [3.05, 3.63) is 11.8 Å². The van der Waals surface area contributed by atoms with Crippen molar-refractivity contribution in [2.24, 2.45) is 0 Å². The lowest BCUT2D eigenvalue weighted by Gasteiger charge is -2.40. The molecule has 7 nitrogen and oxygen atoms in total. The molecule has 112 valence electrons. The third kappa shape index (κ3) is 2.06. The van der Waals surface area contributed by atoms with Gasteiger partial charge in [0.05, 0.1) is 17.3 Å². The molecule has 2 atom stereocenters. The quantitative estimate of drug-likeness (QED) is 0.806. The zero-order chi connectivity index (χ0) is 14.4. The van der Waals surface area contributed by atoms with Gasteiger partial charge in [0, 0.05) is 26.6 Å². The van der Waals surface area contributed by atoms with Crippen LogP contribution in [0.1, 0.15) is 31.5 Å². The van der Waals surface area contributed by atoms with E-state index in [2.05, 4.69) is 10.2 Å². The molecule has 2 aliphatic rings. The summed E-state index contributed by atoms with van der Waals surface area (Å²) in [4.78, 5) is 0. The summed E-state index contributed by atoms with van der Waals surface area (Å²) in [5, 5.41) is 8.01. The van der Waals surface area contributed by atoms with E-state index in [9.17, 15) is 8.42 Å². The van der Waals surface area contributed by atoms with Gasteiger partial charge in [-0.15, -0.1) is 10.2 Å². The first kappa shape index (κ1) is 14.0. The largest absolute Gasteiger partial charge is 0.425 e. The molecule has 3 rings (SSSR count). The second kappa shape index (κ2) is 4.78. The maximum Gasteiger partial charge on any atom is 0.226 e. The van der Waals surface area contributed by atoms with Crippen LogP contribution in [0.2, 0.25) is 0 Å². The molecule has 0 radical (unpaired) electrons. The molecule has 3 heterocycles. The van der Waals surface area contributed by atoms with Crippen molar-refractivity contribution in [2.75, 3.05) is 25.4 Å². The molecule has 0 bridgehead atoms. The van der Waals surface area contributed by atoms with Crippen LogP contribution in [-0.4, -0.2) is 54.5 Å². The van der Waals surface area contributed by atoms with Crippen LogP contribution < -0.4 is 0 Å². The molecule has 1 aromatic rings. The molecule has 0 unspecified atom stereocenters. The average Bonchev–Trinajstić information content (AvgIpc) is 3.04. The molecule has 0 spiro atoms. The molecular weight excluding hydrogens is 282 g/mol. The molecule has 2 fully saturated rings. The predicted molar refractivity (Wildman–Crippen MR) is 70.7 cm³/mol. The van der Waals surface area contributed by atoms with E-state index in [4.69, 9.17) is 9.15 Å². The summed E-state index contributed by atoms with van der Waals surface area (Å²) in [5.74, 6) is 1.11. The first-order chi connectivity index (χ1) is 9.48. The Morgan fingerprint density at radius 3 is 2.90 bits per heavy atom. The van der Waals surface area contributed by atoms with E-state index >= 15 is 0 Å². The Balaban J connectivity index is 1.97. The van der Waals surface area contributed by atoms with Crippen LogP contribution in [0.4, 0.5) is 0 Å². The van der Waals surface area contributed by atoms with Gasteiger partial charge in [-0.1, -0.05) is 0 Å². The van der Waals surface area contributed by atoms with Gasteiger partial charge in [-0.3, -0.25) is 0 Å². The Morgan fingerprint density at radius 2 is 2.25 bits per heavy atom. The monoisotopic (exact) mass is 301 g/mol. The van der Waals surface area contributed by atoms with E-state index < -0.39 is 15.4 Å². The highest BCUT2D eigenvalue weighted by molar-refractivity contribution is 7.89. The average molecular weight is 301 g/mol. The number of hydrogen-bond acceptors (Lipinski definition) is 6. The number of sulfonamides is 1. The van der Waals surface area contributed by atoms with Crippen molar-refractivity contribution in [2.45, 2.75) is 38.2 Å². The summed E-state index contributed by atoms with van der Waals surface area (Å²) in [6.45, 7) is 4.87. The van der Waals surface area contributed by atoms with Crippen molar-refractivity contribution in [3.8, 4) is 0 Å². The lowest BCUT2D eigenvalue weighted by Crippen LogP contribution is -2.54. The molecule has 0 saturated carbocycles. The molecule has 20 heavy (non-hydrogen) atoms. The molecule has 0 aliphatic carbocycles. The van der Waals surface area contributed by atoms with Gasteiger partial charge in [-0.2, -0.15) is 0 Å². The fourth-order valence-electron chi connectivity index (χ4n) is 3.13. The lowest BCUT2D eigenvalue weighted by molar-refractivity contribution is 0.0295. The van der Waals surface area contributed by atoms with Crippen LogP contribution in [0, 0.1) is 6.92 Å². The second-order valence-electron chi connectivity index (χ2n) is 5.41. The molecular formula is C12H19N3O4S. The standard InChI is InChI=1S/C12H19N3O4S/c1-3-20(16,17)15-6-4-10-12(8-15,5-7-18-10)11-14-13-9(2)19-11/h10H,3-8H2,1-2H3/t10-,12-/m0/s1. The van der Waals surface area contributed by atoms with Gasteiger partial charge >= 0.3 is 0 Å². The lowest BCUT2D eigenvalue weighted by atomic mass is 9.77. The molecule has 2 saturated heterocycles. The van der Waals surface area contributed by atoms with Gasteiger partial charge in [0.15, 0.2) is 0 Å². The topological polar surface area (TPSA) is 85.5 Å². The highest BCUT2D eigenvalue weighted by atomic mass is 32.2. The van der Waals surface area contributed by atoms with E-state index in [-0.39, 0.29) is 11.9 Å². The maximum atomic E-state index is 12.1. The molecule has 0 aromatic carbocycles. The molecule has 0 amide bonds. The predicted octanol–water partition coefficient (Wildman–Crippen LogP) is 0.460. The zero-order valence-corrected chi connectivity index (χ0v) is 12.5. The first-order valence-electron chi connectivity index (χ1n) is 6.88. The summed E-state index contributed by atoms with van der Waals surface area (Å²) in [5.41, 5.74) is -0.484.